The molecule has 3 N–H and O–H groups in total. The molecule has 1 rings (SSSR count). The minimum absolute atomic E-state index is 0. The van der Waals surface area contributed by atoms with Gasteiger partial charge in [-0.05, 0) is 31.2 Å². The molecule has 4 nitrogen and oxygen atoms in total. The predicted octanol–water partition coefficient (Wildman–Crippen LogP) is 2.33. The average molecular weight is 335 g/mol. The third-order valence-corrected chi connectivity index (χ3v) is 4.76. The molecule has 1 aromatic carbocycles. The van der Waals surface area contributed by atoms with Gasteiger partial charge in [-0.2, -0.15) is 0 Å². The van der Waals surface area contributed by atoms with Crippen LogP contribution in [0.5, 0.6) is 0 Å². The van der Waals surface area contributed by atoms with Crippen molar-refractivity contribution in [1.82, 2.24) is 4.72 Å². The highest BCUT2D eigenvalue weighted by Gasteiger charge is 2.28. The second kappa shape index (κ2) is 8.73. The highest BCUT2D eigenvalue weighted by atomic mass is 35.5. The molecule has 0 saturated heterocycles. The molecule has 0 aliphatic rings. The molecule has 0 aliphatic carbocycles. The van der Waals surface area contributed by atoms with Crippen molar-refractivity contribution in [3.8, 4) is 0 Å². The smallest absolute Gasteiger partial charge is 0.212 e. The van der Waals surface area contributed by atoms with Crippen molar-refractivity contribution >= 4 is 22.4 Å². The van der Waals surface area contributed by atoms with Gasteiger partial charge in [0.1, 0.15) is 0 Å². The van der Waals surface area contributed by atoms with E-state index in [2.05, 4.69) is 18.6 Å². The van der Waals surface area contributed by atoms with E-state index in [0.29, 0.717) is 18.9 Å². The van der Waals surface area contributed by atoms with Crippen LogP contribution in [0.2, 0.25) is 0 Å². The first kappa shape index (κ1) is 20.4. The van der Waals surface area contributed by atoms with Gasteiger partial charge in [-0.1, -0.05) is 44.2 Å². The van der Waals surface area contributed by atoms with E-state index in [-0.39, 0.29) is 18.2 Å². The standard InChI is InChI=1S/C15H26N2O2S.ClH/c1-13(2)11-15(3,12-16)17-20(18,19)10-9-14-7-5-4-6-8-14;/h4-8,13,17H,9-12,16H2,1-3H3;1H. The fraction of sp³-hybridized carbons (Fsp3) is 0.600. The first-order chi connectivity index (χ1) is 9.26. The van der Waals surface area contributed by atoms with E-state index >= 15 is 0 Å². The Morgan fingerprint density at radius 1 is 1.24 bits per heavy atom. The summed E-state index contributed by atoms with van der Waals surface area (Å²) < 4.78 is 27.2. The van der Waals surface area contributed by atoms with Crippen LogP contribution >= 0.6 is 12.4 Å². The Bertz CT molecular complexity index is 506. The van der Waals surface area contributed by atoms with Crippen LogP contribution < -0.4 is 10.5 Å². The molecule has 0 bridgehead atoms. The summed E-state index contributed by atoms with van der Waals surface area (Å²) in [6.45, 7) is 6.29. The summed E-state index contributed by atoms with van der Waals surface area (Å²) in [7, 11) is -3.33. The Morgan fingerprint density at radius 3 is 2.29 bits per heavy atom. The number of hydrogen-bond donors (Lipinski definition) is 2. The largest absolute Gasteiger partial charge is 0.329 e. The third-order valence-electron chi connectivity index (χ3n) is 3.21. The maximum atomic E-state index is 12.2. The Balaban J connectivity index is 0.00000400. The van der Waals surface area contributed by atoms with Crippen LogP contribution in [-0.4, -0.2) is 26.3 Å². The summed E-state index contributed by atoms with van der Waals surface area (Å²) in [6, 6.07) is 9.62. The molecule has 0 aliphatic heterocycles. The van der Waals surface area contributed by atoms with Crippen molar-refractivity contribution in [1.29, 1.82) is 0 Å². The zero-order valence-electron chi connectivity index (χ0n) is 13.0. The summed E-state index contributed by atoms with van der Waals surface area (Å²) in [5, 5.41) is 0. The van der Waals surface area contributed by atoms with E-state index in [9.17, 15) is 8.42 Å². The van der Waals surface area contributed by atoms with Crippen molar-refractivity contribution in [2.45, 2.75) is 39.2 Å². The SMILES string of the molecule is CC(C)CC(C)(CN)NS(=O)(=O)CCc1ccccc1.Cl. The monoisotopic (exact) mass is 334 g/mol. The van der Waals surface area contributed by atoms with Crippen LogP contribution in [0, 0.1) is 5.92 Å². The maximum Gasteiger partial charge on any atom is 0.212 e. The molecular weight excluding hydrogens is 308 g/mol. The Labute approximate surface area is 135 Å². The van der Waals surface area contributed by atoms with E-state index in [0.717, 1.165) is 12.0 Å². The molecule has 1 unspecified atom stereocenters. The Hall–Kier alpha value is -0.620. The second-order valence-corrected chi connectivity index (χ2v) is 7.86. The Kier molecular flexibility index (Phi) is 8.48. The quantitative estimate of drug-likeness (QED) is 0.766. The first-order valence-electron chi connectivity index (χ1n) is 7.02. The van der Waals surface area contributed by atoms with E-state index in [1.807, 2.05) is 37.3 Å². The van der Waals surface area contributed by atoms with Crippen LogP contribution in [0.25, 0.3) is 0 Å². The molecule has 0 heterocycles. The zero-order chi connectivity index (χ0) is 15.2. The molecule has 0 amide bonds. The number of nitrogens with one attached hydrogen (secondary N) is 1. The summed E-state index contributed by atoms with van der Waals surface area (Å²) in [4.78, 5) is 0. The lowest BCUT2D eigenvalue weighted by Gasteiger charge is -2.30. The molecule has 0 fully saturated rings. The van der Waals surface area contributed by atoms with E-state index in [4.69, 9.17) is 5.73 Å². The molecule has 0 aromatic heterocycles. The molecule has 122 valence electrons. The number of hydrogen-bond acceptors (Lipinski definition) is 3. The number of sulfonamides is 1. The van der Waals surface area contributed by atoms with Gasteiger partial charge in [0.2, 0.25) is 10.0 Å². The van der Waals surface area contributed by atoms with Crippen molar-refractivity contribution in [3.63, 3.8) is 0 Å². The molecular formula is C15H27ClN2O2S. The van der Waals surface area contributed by atoms with Gasteiger partial charge in [0.05, 0.1) is 5.75 Å². The predicted molar refractivity (Wildman–Crippen MR) is 91.2 cm³/mol. The average Bonchev–Trinajstić information content (AvgIpc) is 2.36. The van der Waals surface area contributed by atoms with Gasteiger partial charge < -0.3 is 5.73 Å². The maximum absolute atomic E-state index is 12.2. The van der Waals surface area contributed by atoms with Crippen LogP contribution in [0.15, 0.2) is 30.3 Å². The number of benzene rings is 1. The van der Waals surface area contributed by atoms with Crippen LogP contribution in [0.3, 0.4) is 0 Å². The lowest BCUT2D eigenvalue weighted by atomic mass is 9.92. The molecule has 1 aromatic rings. The van der Waals surface area contributed by atoms with Gasteiger partial charge >= 0.3 is 0 Å². The third kappa shape index (κ3) is 7.81. The molecule has 1 atom stereocenters. The second-order valence-electron chi connectivity index (χ2n) is 6.02. The highest BCUT2D eigenvalue weighted by molar-refractivity contribution is 7.89. The molecule has 0 radical (unpaired) electrons. The van der Waals surface area contributed by atoms with E-state index in [1.165, 1.54) is 0 Å². The Morgan fingerprint density at radius 2 is 1.81 bits per heavy atom. The highest BCUT2D eigenvalue weighted by Crippen LogP contribution is 2.16. The van der Waals surface area contributed by atoms with Gasteiger partial charge in [-0.15, -0.1) is 12.4 Å². The molecule has 21 heavy (non-hydrogen) atoms. The van der Waals surface area contributed by atoms with Crippen molar-refractivity contribution in [2.75, 3.05) is 12.3 Å². The number of halogens is 1. The summed E-state index contributed by atoms with van der Waals surface area (Å²) in [5.41, 5.74) is 6.20. The fourth-order valence-electron chi connectivity index (χ4n) is 2.39. The lowest BCUT2D eigenvalue weighted by molar-refractivity contribution is 0.344. The van der Waals surface area contributed by atoms with Gasteiger partial charge in [0.15, 0.2) is 0 Å². The van der Waals surface area contributed by atoms with E-state index < -0.39 is 15.6 Å². The van der Waals surface area contributed by atoms with Crippen molar-refractivity contribution in [2.24, 2.45) is 11.7 Å². The minimum atomic E-state index is -3.33. The first-order valence-corrected chi connectivity index (χ1v) is 8.67. The number of nitrogens with two attached hydrogens (primary N) is 1. The molecule has 6 heteroatoms. The van der Waals surface area contributed by atoms with Crippen molar-refractivity contribution in [3.05, 3.63) is 35.9 Å². The molecule has 0 saturated carbocycles. The topological polar surface area (TPSA) is 72.2 Å². The van der Waals surface area contributed by atoms with Crippen LogP contribution in [0.1, 0.15) is 32.8 Å². The van der Waals surface area contributed by atoms with Gasteiger partial charge in [-0.3, -0.25) is 0 Å². The fourth-order valence-corrected chi connectivity index (χ4v) is 3.92. The minimum Gasteiger partial charge on any atom is -0.329 e. The summed E-state index contributed by atoms with van der Waals surface area (Å²) >= 11 is 0. The van der Waals surface area contributed by atoms with Crippen molar-refractivity contribution < 1.29 is 8.42 Å². The van der Waals surface area contributed by atoms with Gasteiger partial charge in [0, 0.05) is 12.1 Å². The van der Waals surface area contributed by atoms with Crippen LogP contribution in [-0.2, 0) is 16.4 Å². The molecule has 0 spiro atoms. The summed E-state index contributed by atoms with van der Waals surface area (Å²) in [6.07, 6.45) is 1.24. The zero-order valence-corrected chi connectivity index (χ0v) is 14.6. The van der Waals surface area contributed by atoms with Crippen LogP contribution in [0.4, 0.5) is 0 Å². The number of aryl methyl sites for hydroxylation is 1. The lowest BCUT2D eigenvalue weighted by Crippen LogP contribution is -2.52. The van der Waals surface area contributed by atoms with Gasteiger partial charge in [0.25, 0.3) is 0 Å². The van der Waals surface area contributed by atoms with Gasteiger partial charge in [-0.25, -0.2) is 13.1 Å². The number of rotatable bonds is 8. The normalized spacial score (nSPS) is 14.5. The van der Waals surface area contributed by atoms with E-state index in [1.54, 1.807) is 0 Å². The summed E-state index contributed by atoms with van der Waals surface area (Å²) in [5.74, 6) is 0.477.